The lowest BCUT2D eigenvalue weighted by molar-refractivity contribution is -0.140. The fraction of sp³-hybridized carbons (Fsp3) is 0.297. The van der Waals surface area contributed by atoms with E-state index < -0.39 is 34.1 Å². The van der Waals surface area contributed by atoms with Crippen molar-refractivity contribution in [3.63, 3.8) is 0 Å². The Morgan fingerprint density at radius 2 is 1.48 bits per heavy atom. The van der Waals surface area contributed by atoms with E-state index in [2.05, 4.69) is 5.32 Å². The largest absolute Gasteiger partial charge is 0.493 e. The number of ether oxygens (including phenoxy) is 2. The summed E-state index contributed by atoms with van der Waals surface area (Å²) in [7, 11) is -1.50. The number of aryl methyl sites for hydroxylation is 1. The number of benzene rings is 4. The van der Waals surface area contributed by atoms with Crippen molar-refractivity contribution in [1.29, 1.82) is 0 Å². The van der Waals surface area contributed by atoms with Crippen molar-refractivity contribution in [2.75, 3.05) is 25.1 Å². The van der Waals surface area contributed by atoms with E-state index in [9.17, 15) is 18.0 Å². The van der Waals surface area contributed by atoms with E-state index in [1.54, 1.807) is 12.1 Å². The number of amides is 2. The molecule has 0 aliphatic carbocycles. The van der Waals surface area contributed by atoms with Crippen LogP contribution in [0.5, 0.6) is 11.5 Å². The van der Waals surface area contributed by atoms with Crippen LogP contribution in [-0.2, 0) is 32.6 Å². The molecule has 9 nitrogen and oxygen atoms in total. The van der Waals surface area contributed by atoms with Crippen LogP contribution in [0, 0.1) is 6.92 Å². The molecule has 254 valence electrons. The standard InChI is InChI=1S/C37H42ClN3O6S/c1-26-12-10-11-15-28(26)24-40(32(36(43)39-37(2,3)4)22-27-13-8-7-9-14-27)35(42)25-41(30-18-16-29(38)17-19-30)48(44,45)31-20-21-33(46-5)34(23-31)47-6/h7-21,23,32H,22,24-25H2,1-6H3,(H,39,43)/t32-/m0/s1. The molecule has 0 spiro atoms. The fourth-order valence-corrected chi connectivity index (χ4v) is 6.77. The molecular formula is C37H42ClN3O6S. The maximum absolute atomic E-state index is 14.7. The molecule has 0 heterocycles. The molecule has 4 rings (SSSR count). The molecule has 4 aromatic rings. The number of nitrogens with zero attached hydrogens (tertiary/aromatic N) is 2. The molecule has 0 aliphatic rings. The Morgan fingerprint density at radius 1 is 0.854 bits per heavy atom. The summed E-state index contributed by atoms with van der Waals surface area (Å²) in [5.41, 5.74) is 2.24. The van der Waals surface area contributed by atoms with Crippen molar-refractivity contribution in [2.45, 2.75) is 57.1 Å². The summed E-state index contributed by atoms with van der Waals surface area (Å²) >= 11 is 6.17. The highest BCUT2D eigenvalue weighted by Crippen LogP contribution is 2.33. The average Bonchev–Trinajstić information content (AvgIpc) is 3.05. The van der Waals surface area contributed by atoms with Gasteiger partial charge in [0.15, 0.2) is 11.5 Å². The molecule has 0 fully saturated rings. The van der Waals surface area contributed by atoms with Crippen molar-refractivity contribution in [2.24, 2.45) is 0 Å². The minimum atomic E-state index is -4.36. The predicted octanol–water partition coefficient (Wildman–Crippen LogP) is 6.42. The number of hydrogen-bond acceptors (Lipinski definition) is 6. The molecule has 0 saturated carbocycles. The van der Waals surface area contributed by atoms with Gasteiger partial charge in [0.25, 0.3) is 10.0 Å². The smallest absolute Gasteiger partial charge is 0.264 e. The third kappa shape index (κ3) is 9.08. The van der Waals surface area contributed by atoms with Gasteiger partial charge in [-0.05, 0) is 80.8 Å². The molecular weight excluding hydrogens is 650 g/mol. The molecule has 2 amide bonds. The minimum Gasteiger partial charge on any atom is -0.493 e. The van der Waals surface area contributed by atoms with Crippen molar-refractivity contribution in [3.05, 3.63) is 119 Å². The third-order valence-electron chi connectivity index (χ3n) is 7.71. The van der Waals surface area contributed by atoms with Gasteiger partial charge >= 0.3 is 0 Å². The zero-order valence-corrected chi connectivity index (χ0v) is 29.6. The highest BCUT2D eigenvalue weighted by molar-refractivity contribution is 7.92. The topological polar surface area (TPSA) is 105 Å². The number of hydrogen-bond donors (Lipinski definition) is 1. The second-order valence-electron chi connectivity index (χ2n) is 12.4. The van der Waals surface area contributed by atoms with Gasteiger partial charge in [-0.25, -0.2) is 8.42 Å². The van der Waals surface area contributed by atoms with Crippen LogP contribution in [0.1, 0.15) is 37.5 Å². The van der Waals surface area contributed by atoms with Gasteiger partial charge in [-0.1, -0.05) is 66.2 Å². The number of methoxy groups -OCH3 is 2. The highest BCUT2D eigenvalue weighted by atomic mass is 35.5. The fourth-order valence-electron chi connectivity index (χ4n) is 5.22. The highest BCUT2D eigenvalue weighted by Gasteiger charge is 2.36. The molecule has 0 aromatic heterocycles. The summed E-state index contributed by atoms with van der Waals surface area (Å²) in [5, 5.41) is 3.44. The van der Waals surface area contributed by atoms with Crippen molar-refractivity contribution >= 4 is 39.1 Å². The first kappa shape index (κ1) is 36.3. The lowest BCUT2D eigenvalue weighted by atomic mass is 10.00. The van der Waals surface area contributed by atoms with Gasteiger partial charge in [-0.15, -0.1) is 0 Å². The summed E-state index contributed by atoms with van der Waals surface area (Å²) in [4.78, 5) is 30.1. The minimum absolute atomic E-state index is 0.0748. The number of rotatable bonds is 13. The van der Waals surface area contributed by atoms with E-state index in [1.165, 1.54) is 49.5 Å². The molecule has 4 aromatic carbocycles. The number of sulfonamides is 1. The Hall–Kier alpha value is -4.54. The van der Waals surface area contributed by atoms with Crippen LogP contribution in [0.2, 0.25) is 5.02 Å². The summed E-state index contributed by atoms with van der Waals surface area (Å²) in [6.45, 7) is 7.02. The first-order chi connectivity index (χ1) is 22.7. The molecule has 0 saturated heterocycles. The van der Waals surface area contributed by atoms with Gasteiger partial charge in [-0.2, -0.15) is 0 Å². The normalized spacial score (nSPS) is 12.1. The number of carbonyl (C=O) groups is 2. The van der Waals surface area contributed by atoms with E-state index in [0.29, 0.717) is 10.8 Å². The molecule has 11 heteroatoms. The Morgan fingerprint density at radius 3 is 2.08 bits per heavy atom. The van der Waals surface area contributed by atoms with E-state index >= 15 is 0 Å². The Labute approximate surface area is 288 Å². The maximum atomic E-state index is 14.7. The monoisotopic (exact) mass is 691 g/mol. The number of nitrogens with one attached hydrogen (secondary N) is 1. The van der Waals surface area contributed by atoms with Crippen LogP contribution in [0.4, 0.5) is 5.69 Å². The van der Waals surface area contributed by atoms with Gasteiger partial charge < -0.3 is 19.7 Å². The van der Waals surface area contributed by atoms with E-state index in [-0.39, 0.29) is 35.2 Å². The van der Waals surface area contributed by atoms with Crippen LogP contribution in [0.15, 0.2) is 102 Å². The van der Waals surface area contributed by atoms with E-state index in [4.69, 9.17) is 21.1 Å². The second-order valence-corrected chi connectivity index (χ2v) is 14.7. The summed E-state index contributed by atoms with van der Waals surface area (Å²) in [5.74, 6) is -0.358. The lowest BCUT2D eigenvalue weighted by Gasteiger charge is -2.35. The van der Waals surface area contributed by atoms with Gasteiger partial charge in [-0.3, -0.25) is 13.9 Å². The third-order valence-corrected chi connectivity index (χ3v) is 9.73. The van der Waals surface area contributed by atoms with Crippen LogP contribution >= 0.6 is 11.6 Å². The maximum Gasteiger partial charge on any atom is 0.264 e. The molecule has 0 aliphatic heterocycles. The molecule has 1 N–H and O–H groups in total. The predicted molar refractivity (Wildman–Crippen MR) is 189 cm³/mol. The Kier molecular flexibility index (Phi) is 11.8. The summed E-state index contributed by atoms with van der Waals surface area (Å²) in [6, 6.07) is 26.5. The first-order valence-electron chi connectivity index (χ1n) is 15.4. The molecule has 48 heavy (non-hydrogen) atoms. The lowest BCUT2D eigenvalue weighted by Crippen LogP contribution is -2.56. The van der Waals surface area contributed by atoms with Crippen molar-refractivity contribution in [3.8, 4) is 11.5 Å². The van der Waals surface area contributed by atoms with Gasteiger partial charge in [0.2, 0.25) is 11.8 Å². The summed E-state index contributed by atoms with van der Waals surface area (Å²) < 4.78 is 40.5. The molecule has 0 unspecified atom stereocenters. The zero-order valence-electron chi connectivity index (χ0n) is 28.1. The average molecular weight is 692 g/mol. The number of carbonyl (C=O) groups excluding carboxylic acids is 2. The SMILES string of the molecule is COc1ccc(S(=O)(=O)N(CC(=O)N(Cc2ccccc2C)[C@@H](Cc2ccccc2)C(=O)NC(C)(C)C)c2ccc(Cl)cc2)cc1OC. The van der Waals surface area contributed by atoms with Crippen LogP contribution < -0.4 is 19.1 Å². The van der Waals surface area contributed by atoms with Crippen molar-refractivity contribution < 1.29 is 27.5 Å². The quantitative estimate of drug-likeness (QED) is 0.174. The number of halogens is 1. The van der Waals surface area contributed by atoms with Gasteiger partial charge in [0.05, 0.1) is 24.8 Å². The summed E-state index contributed by atoms with van der Waals surface area (Å²) in [6.07, 6.45) is 0.212. The van der Waals surface area contributed by atoms with Crippen LogP contribution in [-0.4, -0.2) is 57.5 Å². The van der Waals surface area contributed by atoms with Crippen LogP contribution in [0.25, 0.3) is 0 Å². The molecule has 0 radical (unpaired) electrons. The second kappa shape index (κ2) is 15.6. The molecule has 1 atom stereocenters. The van der Waals surface area contributed by atoms with E-state index in [0.717, 1.165) is 21.0 Å². The Balaban J connectivity index is 1.85. The van der Waals surface area contributed by atoms with Gasteiger partial charge in [0, 0.05) is 29.6 Å². The number of anilines is 1. The zero-order chi connectivity index (χ0) is 35.1. The van der Waals surface area contributed by atoms with Gasteiger partial charge in [0.1, 0.15) is 12.6 Å². The van der Waals surface area contributed by atoms with E-state index in [1.807, 2.05) is 82.3 Å². The first-order valence-corrected chi connectivity index (χ1v) is 17.3. The van der Waals surface area contributed by atoms with Crippen LogP contribution in [0.3, 0.4) is 0 Å². The molecule has 0 bridgehead atoms. The van der Waals surface area contributed by atoms with Crippen molar-refractivity contribution in [1.82, 2.24) is 10.2 Å². The Bertz CT molecular complexity index is 1830.